The van der Waals surface area contributed by atoms with Gasteiger partial charge < -0.3 is 5.32 Å². The highest BCUT2D eigenvalue weighted by molar-refractivity contribution is 7.14. The molecule has 3 heterocycles. The molecule has 9 heteroatoms. The second-order valence-electron chi connectivity index (χ2n) is 5.68. The number of thiophene rings is 1. The van der Waals surface area contributed by atoms with Gasteiger partial charge in [-0.2, -0.15) is 0 Å². The van der Waals surface area contributed by atoms with Crippen LogP contribution >= 0.6 is 22.7 Å². The van der Waals surface area contributed by atoms with Crippen molar-refractivity contribution in [3.8, 4) is 10.7 Å². The minimum Gasteiger partial charge on any atom is -0.300 e. The maximum absolute atomic E-state index is 12.6. The van der Waals surface area contributed by atoms with Gasteiger partial charge in [0.15, 0.2) is 11.0 Å². The van der Waals surface area contributed by atoms with Gasteiger partial charge in [0.05, 0.1) is 10.6 Å². The maximum Gasteiger partial charge on any atom is 0.346 e. The predicted molar refractivity (Wildman–Crippen MR) is 93.6 cm³/mol. The van der Waals surface area contributed by atoms with Crippen LogP contribution in [0.25, 0.3) is 10.7 Å². The second kappa shape index (κ2) is 5.99. The average molecular weight is 361 g/mol. The summed E-state index contributed by atoms with van der Waals surface area (Å²) in [5.41, 5.74) is 0.622. The van der Waals surface area contributed by atoms with Crippen molar-refractivity contribution in [2.75, 3.05) is 5.32 Å². The summed E-state index contributed by atoms with van der Waals surface area (Å²) in [5, 5.41) is 11.5. The van der Waals surface area contributed by atoms with Crippen LogP contribution in [0.3, 0.4) is 0 Å². The molecule has 3 aromatic rings. The Hall–Kier alpha value is -2.26. The molecule has 124 valence electrons. The van der Waals surface area contributed by atoms with E-state index in [0.717, 1.165) is 23.4 Å². The van der Waals surface area contributed by atoms with E-state index in [-0.39, 0.29) is 24.2 Å². The zero-order chi connectivity index (χ0) is 16.7. The molecule has 1 saturated carbocycles. The first-order valence-electron chi connectivity index (χ1n) is 7.57. The molecule has 0 unspecified atom stereocenters. The lowest BCUT2D eigenvalue weighted by atomic mass is 10.4. The lowest BCUT2D eigenvalue weighted by Crippen LogP contribution is -2.29. The van der Waals surface area contributed by atoms with Gasteiger partial charge >= 0.3 is 5.69 Å². The molecule has 1 aliphatic rings. The molecule has 0 spiro atoms. The summed E-state index contributed by atoms with van der Waals surface area (Å²) in [6.45, 7) is 1.75. The molecule has 4 rings (SSSR count). The minimum absolute atomic E-state index is 0.116. The van der Waals surface area contributed by atoms with Gasteiger partial charge in [-0.15, -0.1) is 27.8 Å². The number of aromatic nitrogens is 4. The fourth-order valence-electron chi connectivity index (χ4n) is 2.47. The molecule has 0 aromatic carbocycles. The fourth-order valence-corrected chi connectivity index (χ4v) is 3.87. The third-order valence-corrected chi connectivity index (χ3v) is 5.42. The number of thiazole rings is 1. The molecule has 1 N–H and O–H groups in total. The number of nitrogens with zero attached hydrogens (tertiary/aromatic N) is 4. The molecule has 1 fully saturated rings. The Bertz CT molecular complexity index is 934. The number of carbonyl (C=O) groups is 1. The van der Waals surface area contributed by atoms with Crippen LogP contribution in [0.1, 0.15) is 24.6 Å². The number of rotatable bonds is 5. The first-order valence-corrected chi connectivity index (χ1v) is 9.33. The quantitative estimate of drug-likeness (QED) is 0.757. The Morgan fingerprint density at radius 1 is 1.42 bits per heavy atom. The van der Waals surface area contributed by atoms with Gasteiger partial charge in [0, 0.05) is 11.4 Å². The van der Waals surface area contributed by atoms with Crippen LogP contribution in [0.5, 0.6) is 0 Å². The standard InChI is InChI=1S/C15H15N5O2S2/c1-9-8-24-14(16-9)17-12(21)7-19-15(22)20(10-4-5-10)13(18-19)11-3-2-6-23-11/h2-3,6,8,10H,4-5,7H2,1H3,(H,16,17,21). The molecule has 24 heavy (non-hydrogen) atoms. The molecule has 0 bridgehead atoms. The van der Waals surface area contributed by atoms with E-state index in [1.807, 2.05) is 29.8 Å². The van der Waals surface area contributed by atoms with E-state index < -0.39 is 0 Å². The van der Waals surface area contributed by atoms with Crippen molar-refractivity contribution in [1.82, 2.24) is 19.3 Å². The largest absolute Gasteiger partial charge is 0.346 e. The van der Waals surface area contributed by atoms with E-state index in [0.29, 0.717) is 11.0 Å². The van der Waals surface area contributed by atoms with E-state index in [4.69, 9.17) is 0 Å². The van der Waals surface area contributed by atoms with Crippen LogP contribution in [0, 0.1) is 6.92 Å². The first kappa shape index (κ1) is 15.3. The van der Waals surface area contributed by atoms with Crippen LogP contribution in [0.2, 0.25) is 0 Å². The molecule has 3 aromatic heterocycles. The number of nitrogens with one attached hydrogen (secondary N) is 1. The van der Waals surface area contributed by atoms with Crippen LogP contribution in [0.15, 0.2) is 27.7 Å². The smallest absolute Gasteiger partial charge is 0.300 e. The zero-order valence-corrected chi connectivity index (χ0v) is 14.6. The summed E-state index contributed by atoms with van der Waals surface area (Å²) >= 11 is 2.90. The van der Waals surface area contributed by atoms with Gasteiger partial charge in [0.2, 0.25) is 5.91 Å². The summed E-state index contributed by atoms with van der Waals surface area (Å²) in [6, 6.07) is 4.07. The lowest BCUT2D eigenvalue weighted by molar-refractivity contribution is -0.117. The van der Waals surface area contributed by atoms with E-state index in [1.165, 1.54) is 27.4 Å². The van der Waals surface area contributed by atoms with Gasteiger partial charge in [0.1, 0.15) is 6.54 Å². The Morgan fingerprint density at radius 3 is 2.88 bits per heavy atom. The monoisotopic (exact) mass is 361 g/mol. The zero-order valence-electron chi connectivity index (χ0n) is 12.9. The van der Waals surface area contributed by atoms with E-state index in [9.17, 15) is 9.59 Å². The molecular weight excluding hydrogens is 346 g/mol. The van der Waals surface area contributed by atoms with Crippen LogP contribution in [-0.2, 0) is 11.3 Å². The third kappa shape index (κ3) is 2.92. The summed E-state index contributed by atoms with van der Waals surface area (Å²) in [5.74, 6) is 0.347. The number of carbonyl (C=O) groups excluding carboxylic acids is 1. The highest BCUT2D eigenvalue weighted by Crippen LogP contribution is 2.37. The molecule has 0 aliphatic heterocycles. The topological polar surface area (TPSA) is 81.8 Å². The Kier molecular flexibility index (Phi) is 3.81. The van der Waals surface area contributed by atoms with Crippen molar-refractivity contribution in [1.29, 1.82) is 0 Å². The van der Waals surface area contributed by atoms with Gasteiger partial charge in [-0.3, -0.25) is 9.36 Å². The number of aryl methyl sites for hydroxylation is 1. The molecule has 1 amide bonds. The molecule has 1 aliphatic carbocycles. The maximum atomic E-state index is 12.6. The van der Waals surface area contributed by atoms with Crippen molar-refractivity contribution >= 4 is 33.7 Å². The normalized spacial score (nSPS) is 14.0. The van der Waals surface area contributed by atoms with Crippen LogP contribution in [-0.4, -0.2) is 25.2 Å². The summed E-state index contributed by atoms with van der Waals surface area (Å²) < 4.78 is 2.95. The fraction of sp³-hybridized carbons (Fsp3) is 0.333. The predicted octanol–water partition coefficient (Wildman–Crippen LogP) is 2.51. The van der Waals surface area contributed by atoms with Crippen LogP contribution in [0.4, 0.5) is 5.13 Å². The Labute approximate surface area is 145 Å². The van der Waals surface area contributed by atoms with Gasteiger partial charge in [-0.05, 0) is 31.2 Å². The number of amides is 1. The third-order valence-electron chi connectivity index (χ3n) is 3.68. The van der Waals surface area contributed by atoms with Gasteiger partial charge in [-0.1, -0.05) is 6.07 Å². The minimum atomic E-state index is -0.301. The summed E-state index contributed by atoms with van der Waals surface area (Å²) in [7, 11) is 0. The molecule has 0 atom stereocenters. The molecule has 0 saturated heterocycles. The molecule has 7 nitrogen and oxygen atoms in total. The van der Waals surface area contributed by atoms with E-state index in [1.54, 1.807) is 4.57 Å². The van der Waals surface area contributed by atoms with Crippen molar-refractivity contribution in [2.24, 2.45) is 0 Å². The first-order chi connectivity index (χ1) is 11.6. The SMILES string of the molecule is Cc1csc(NC(=O)Cn2nc(-c3cccs3)n(C3CC3)c2=O)n1. The van der Waals surface area contributed by atoms with Crippen molar-refractivity contribution in [3.05, 3.63) is 39.1 Å². The number of hydrogen-bond donors (Lipinski definition) is 1. The van der Waals surface area contributed by atoms with Crippen molar-refractivity contribution in [3.63, 3.8) is 0 Å². The van der Waals surface area contributed by atoms with Gasteiger partial charge in [-0.25, -0.2) is 14.5 Å². The Morgan fingerprint density at radius 2 is 2.25 bits per heavy atom. The highest BCUT2D eigenvalue weighted by Gasteiger charge is 2.31. The average Bonchev–Trinajstić information content (AvgIpc) is 2.95. The lowest BCUT2D eigenvalue weighted by Gasteiger charge is -2.00. The van der Waals surface area contributed by atoms with E-state index >= 15 is 0 Å². The number of anilines is 1. The molecule has 0 radical (unpaired) electrons. The highest BCUT2D eigenvalue weighted by atomic mass is 32.1. The van der Waals surface area contributed by atoms with Crippen LogP contribution < -0.4 is 11.0 Å². The second-order valence-corrected chi connectivity index (χ2v) is 7.49. The van der Waals surface area contributed by atoms with Crippen molar-refractivity contribution in [2.45, 2.75) is 32.4 Å². The number of hydrogen-bond acceptors (Lipinski definition) is 6. The van der Waals surface area contributed by atoms with E-state index in [2.05, 4.69) is 15.4 Å². The van der Waals surface area contributed by atoms with Crippen molar-refractivity contribution < 1.29 is 4.79 Å². The molecular formula is C15H15N5O2S2. The summed E-state index contributed by atoms with van der Waals surface area (Å²) in [4.78, 5) is 29.9. The van der Waals surface area contributed by atoms with Gasteiger partial charge in [0.25, 0.3) is 0 Å². The summed E-state index contributed by atoms with van der Waals surface area (Å²) in [6.07, 6.45) is 1.96. The Balaban J connectivity index is 1.60.